The lowest BCUT2D eigenvalue weighted by Gasteiger charge is -2.30. The van der Waals surface area contributed by atoms with Crippen LogP contribution in [0.1, 0.15) is 25.6 Å². The molecule has 0 saturated carbocycles. The number of halogens is 2. The molecule has 1 aromatic heterocycles. The Bertz CT molecular complexity index is 1240. The molecule has 1 atom stereocenters. The molecular weight excluding hydrogens is 564 g/mol. The van der Waals surface area contributed by atoms with Gasteiger partial charge in [-0.05, 0) is 58.6 Å². The van der Waals surface area contributed by atoms with Crippen LogP contribution in [0.15, 0.2) is 50.5 Å². The highest BCUT2D eigenvalue weighted by Crippen LogP contribution is 2.45. The number of amides is 1. The van der Waals surface area contributed by atoms with E-state index in [4.69, 9.17) is 9.47 Å². The zero-order valence-corrected chi connectivity index (χ0v) is 21.1. The van der Waals surface area contributed by atoms with Crippen LogP contribution in [0.5, 0.6) is 11.6 Å². The van der Waals surface area contributed by atoms with E-state index in [0.29, 0.717) is 37.9 Å². The predicted octanol–water partition coefficient (Wildman–Crippen LogP) is 5.15. The average molecular weight is 580 g/mol. The number of hydrogen-bond acceptors (Lipinski definition) is 8. The highest BCUT2D eigenvalue weighted by atomic mass is 79.9. The maximum atomic E-state index is 12.8. The summed E-state index contributed by atoms with van der Waals surface area (Å²) in [5, 5.41) is 8.93. The van der Waals surface area contributed by atoms with Gasteiger partial charge in [0.2, 0.25) is 23.2 Å². The summed E-state index contributed by atoms with van der Waals surface area (Å²) in [7, 11) is 0. The van der Waals surface area contributed by atoms with E-state index in [-0.39, 0.29) is 11.8 Å². The van der Waals surface area contributed by atoms with E-state index in [9.17, 15) is 9.59 Å². The Morgan fingerprint density at radius 1 is 1.12 bits per heavy atom. The summed E-state index contributed by atoms with van der Waals surface area (Å²) in [6, 6.07) is 10.6. The molecule has 0 fully saturated rings. The third-order valence-corrected chi connectivity index (χ3v) is 6.23. The van der Waals surface area contributed by atoms with Gasteiger partial charge in [0.1, 0.15) is 5.75 Å². The van der Waals surface area contributed by atoms with Gasteiger partial charge in [0, 0.05) is 29.4 Å². The molecule has 32 heavy (non-hydrogen) atoms. The number of rotatable bonds is 3. The van der Waals surface area contributed by atoms with Crippen molar-refractivity contribution in [2.45, 2.75) is 25.2 Å². The predicted molar refractivity (Wildman–Crippen MR) is 127 cm³/mol. The minimum absolute atomic E-state index is 0.232. The largest absolute Gasteiger partial charge is 0.447 e. The summed E-state index contributed by atoms with van der Waals surface area (Å²) in [6.07, 6.45) is 0.997. The summed E-state index contributed by atoms with van der Waals surface area (Å²) >= 11 is 8.25. The SMILES string of the molecule is CSc1nnc2c(n1)O[C@H](c1ccc(OC(C)=O)c(Br)c1)N(C(C)=O)c1ccc(Br)cc1-2. The number of thioether (sulfide) groups is 1. The molecule has 1 aliphatic heterocycles. The van der Waals surface area contributed by atoms with Crippen LogP contribution in [0.25, 0.3) is 11.3 Å². The van der Waals surface area contributed by atoms with Crippen LogP contribution in [0.2, 0.25) is 0 Å². The number of fused-ring (bicyclic) bond motifs is 3. The van der Waals surface area contributed by atoms with Gasteiger partial charge >= 0.3 is 5.97 Å². The summed E-state index contributed by atoms with van der Waals surface area (Å²) in [6.45, 7) is 2.79. The van der Waals surface area contributed by atoms with Crippen molar-refractivity contribution >= 4 is 61.2 Å². The van der Waals surface area contributed by atoms with Crippen LogP contribution >= 0.6 is 43.6 Å². The first-order valence-corrected chi connectivity index (χ1v) is 12.1. The molecule has 164 valence electrons. The second-order valence-electron chi connectivity index (χ2n) is 6.76. The first-order valence-electron chi connectivity index (χ1n) is 9.31. The highest BCUT2D eigenvalue weighted by molar-refractivity contribution is 9.10. The topological polar surface area (TPSA) is 94.5 Å². The number of carbonyl (C=O) groups excluding carboxylic acids is 2. The van der Waals surface area contributed by atoms with E-state index in [1.807, 2.05) is 24.5 Å². The maximum Gasteiger partial charge on any atom is 0.308 e. The Kier molecular flexibility index (Phi) is 6.50. The van der Waals surface area contributed by atoms with Gasteiger partial charge in [-0.3, -0.25) is 14.5 Å². The molecule has 0 radical (unpaired) electrons. The zero-order chi connectivity index (χ0) is 23.0. The number of carbonyl (C=O) groups is 2. The van der Waals surface area contributed by atoms with E-state index < -0.39 is 12.2 Å². The third kappa shape index (κ3) is 4.37. The number of nitrogens with zero attached hydrogens (tertiary/aromatic N) is 4. The number of benzene rings is 2. The minimum atomic E-state index is -0.845. The molecule has 1 amide bonds. The fourth-order valence-electron chi connectivity index (χ4n) is 3.29. The van der Waals surface area contributed by atoms with Crippen LogP contribution in [0, 0.1) is 0 Å². The Morgan fingerprint density at radius 2 is 1.91 bits per heavy atom. The Balaban J connectivity index is 1.92. The second kappa shape index (κ2) is 9.16. The second-order valence-corrected chi connectivity index (χ2v) is 9.30. The van der Waals surface area contributed by atoms with Crippen LogP contribution in [0.4, 0.5) is 5.69 Å². The molecule has 0 aliphatic carbocycles. The van der Waals surface area contributed by atoms with Crippen molar-refractivity contribution in [2.24, 2.45) is 0 Å². The standard InChI is InChI=1S/C21H16Br2N4O4S/c1-10(28)27-16-6-5-13(22)9-14(16)18-19(24-21(32-3)26-25-18)31-20(27)12-4-7-17(15(23)8-12)30-11(2)29/h4-9,20H,1-3H3/t20-/m1/s1. The average Bonchev–Trinajstić information content (AvgIpc) is 2.88. The number of aromatic nitrogens is 3. The van der Waals surface area contributed by atoms with Crippen LogP contribution in [-0.2, 0) is 9.59 Å². The van der Waals surface area contributed by atoms with Crippen molar-refractivity contribution in [1.82, 2.24) is 15.2 Å². The van der Waals surface area contributed by atoms with Gasteiger partial charge in [-0.1, -0.05) is 27.7 Å². The minimum Gasteiger partial charge on any atom is -0.447 e. The van der Waals surface area contributed by atoms with E-state index in [1.165, 1.54) is 30.5 Å². The molecule has 2 aromatic carbocycles. The lowest BCUT2D eigenvalue weighted by molar-refractivity contribution is -0.132. The molecule has 8 nitrogen and oxygen atoms in total. The summed E-state index contributed by atoms with van der Waals surface area (Å²) < 4.78 is 12.8. The van der Waals surface area contributed by atoms with Gasteiger partial charge in [0.15, 0.2) is 5.69 Å². The molecule has 0 bridgehead atoms. The van der Waals surface area contributed by atoms with Crippen molar-refractivity contribution in [2.75, 3.05) is 11.2 Å². The first-order chi connectivity index (χ1) is 15.3. The molecule has 0 saturated heterocycles. The van der Waals surface area contributed by atoms with Crippen molar-refractivity contribution < 1.29 is 19.1 Å². The fourth-order valence-corrected chi connectivity index (χ4v) is 4.42. The molecular formula is C21H16Br2N4O4S. The zero-order valence-electron chi connectivity index (χ0n) is 17.1. The van der Waals surface area contributed by atoms with Gasteiger partial charge in [-0.25, -0.2) is 0 Å². The van der Waals surface area contributed by atoms with Crippen molar-refractivity contribution in [3.63, 3.8) is 0 Å². The lowest BCUT2D eigenvalue weighted by Crippen LogP contribution is -2.36. The monoisotopic (exact) mass is 578 g/mol. The molecule has 1 aliphatic rings. The number of esters is 1. The molecule has 3 aromatic rings. The summed E-state index contributed by atoms with van der Waals surface area (Å²) in [4.78, 5) is 30.2. The van der Waals surface area contributed by atoms with E-state index in [2.05, 4.69) is 47.0 Å². The van der Waals surface area contributed by atoms with Crippen molar-refractivity contribution in [1.29, 1.82) is 0 Å². The van der Waals surface area contributed by atoms with Crippen LogP contribution in [-0.4, -0.2) is 33.3 Å². The van der Waals surface area contributed by atoms with E-state index in [1.54, 1.807) is 18.2 Å². The molecule has 2 heterocycles. The van der Waals surface area contributed by atoms with Gasteiger partial charge in [-0.15, -0.1) is 10.2 Å². The molecule has 0 N–H and O–H groups in total. The summed E-state index contributed by atoms with van der Waals surface area (Å²) in [5.41, 5.74) is 2.35. The van der Waals surface area contributed by atoms with Gasteiger partial charge < -0.3 is 9.47 Å². The smallest absolute Gasteiger partial charge is 0.308 e. The molecule has 11 heteroatoms. The van der Waals surface area contributed by atoms with Gasteiger partial charge in [-0.2, -0.15) is 4.98 Å². The van der Waals surface area contributed by atoms with Crippen LogP contribution in [0.3, 0.4) is 0 Å². The Morgan fingerprint density at radius 3 is 2.56 bits per heavy atom. The van der Waals surface area contributed by atoms with E-state index in [0.717, 1.165) is 4.47 Å². The lowest BCUT2D eigenvalue weighted by atomic mass is 10.1. The van der Waals surface area contributed by atoms with Crippen molar-refractivity contribution in [3.8, 4) is 22.9 Å². The summed E-state index contributed by atoms with van der Waals surface area (Å²) in [5.74, 6) is -0.0415. The van der Waals surface area contributed by atoms with Gasteiger partial charge in [0.05, 0.1) is 10.2 Å². The Labute approximate surface area is 205 Å². The third-order valence-electron chi connectivity index (χ3n) is 4.58. The normalized spacial score (nSPS) is 14.7. The molecule has 0 unspecified atom stereocenters. The number of anilines is 1. The Hall–Kier alpha value is -2.50. The molecule has 4 rings (SSSR count). The molecule has 0 spiro atoms. The fraction of sp³-hybridized carbons (Fsp3) is 0.190. The van der Waals surface area contributed by atoms with Crippen LogP contribution < -0.4 is 14.4 Å². The van der Waals surface area contributed by atoms with Gasteiger partial charge in [0.25, 0.3) is 0 Å². The van der Waals surface area contributed by atoms with E-state index >= 15 is 0 Å². The van der Waals surface area contributed by atoms with Crippen molar-refractivity contribution in [3.05, 3.63) is 50.9 Å². The first kappa shape index (κ1) is 22.7. The number of ether oxygens (including phenoxy) is 2. The quantitative estimate of drug-likeness (QED) is 0.239. The highest BCUT2D eigenvalue weighted by Gasteiger charge is 2.35. The maximum absolute atomic E-state index is 12.8. The number of hydrogen-bond donors (Lipinski definition) is 0.